The van der Waals surface area contributed by atoms with Crippen LogP contribution in [0.5, 0.6) is 5.75 Å². The van der Waals surface area contributed by atoms with Gasteiger partial charge >= 0.3 is 0 Å². The number of nitrogens with two attached hydrogens (primary N) is 1. The normalized spacial score (nSPS) is 11.9. The molecule has 0 aliphatic carbocycles. The van der Waals surface area contributed by atoms with Crippen molar-refractivity contribution in [3.05, 3.63) is 59.3 Å². The fraction of sp³-hybridized carbons (Fsp3) is 0.360. The van der Waals surface area contributed by atoms with Gasteiger partial charge < -0.3 is 15.4 Å². The summed E-state index contributed by atoms with van der Waals surface area (Å²) in [5.41, 5.74) is 4.91. The van der Waals surface area contributed by atoms with Crippen LogP contribution in [0.3, 0.4) is 0 Å². The molecule has 1 heterocycles. The number of nitrogens with one attached hydrogen (secondary N) is 3. The minimum Gasteiger partial charge on any atom is -0.497 e. The van der Waals surface area contributed by atoms with E-state index in [0.717, 1.165) is 16.9 Å². The molecule has 0 atom stereocenters. The maximum Gasteiger partial charge on any atom is 0.292 e. The number of nitrogen functional groups attached to an aromatic ring is 1. The molecule has 0 unspecified atom stereocenters. The quantitative estimate of drug-likeness (QED) is 0.196. The highest BCUT2D eigenvalue weighted by atomic mass is 19.3. The lowest BCUT2D eigenvalue weighted by Gasteiger charge is -2.24. The Bertz CT molecular complexity index is 1190. The van der Waals surface area contributed by atoms with E-state index in [1.807, 2.05) is 45.0 Å². The Balaban J connectivity index is 2.12. The molecular formula is C25H30F3N5O2. The van der Waals surface area contributed by atoms with Gasteiger partial charge in [0.2, 0.25) is 0 Å². The molecule has 188 valence electrons. The maximum atomic E-state index is 13.6. The van der Waals surface area contributed by atoms with E-state index in [1.54, 1.807) is 25.3 Å². The number of halogens is 3. The van der Waals surface area contributed by atoms with Crippen LogP contribution in [0.25, 0.3) is 10.9 Å². The van der Waals surface area contributed by atoms with E-state index in [2.05, 4.69) is 21.0 Å². The summed E-state index contributed by atoms with van der Waals surface area (Å²) in [4.78, 5) is 16.9. The Morgan fingerprint density at radius 1 is 1.09 bits per heavy atom. The standard InChI is InChI=1S/C25H30F3N5O2/c1-24(2,3)19-10-16(31-14-25(27,28)13-26)9-18-20(11-21(23(34)33-29)32-22(18)19)30-12-15-5-7-17(35-4)8-6-15/h5-11,31H,12-14,29H2,1-4H3,(H,30,32)(H,33,34). The van der Waals surface area contributed by atoms with Crippen molar-refractivity contribution in [1.29, 1.82) is 0 Å². The number of hydrogen-bond acceptors (Lipinski definition) is 6. The first-order chi connectivity index (χ1) is 16.5. The van der Waals surface area contributed by atoms with E-state index in [0.29, 0.717) is 28.8 Å². The number of hydrazine groups is 1. The number of amides is 1. The third-order valence-electron chi connectivity index (χ3n) is 5.47. The molecule has 1 aromatic heterocycles. The molecule has 0 aliphatic rings. The minimum atomic E-state index is -3.49. The molecule has 0 spiro atoms. The number of ether oxygens (including phenoxy) is 1. The largest absolute Gasteiger partial charge is 0.497 e. The molecule has 0 saturated carbocycles. The first-order valence-electron chi connectivity index (χ1n) is 11.0. The minimum absolute atomic E-state index is 0.104. The summed E-state index contributed by atoms with van der Waals surface area (Å²) in [6, 6.07) is 12.4. The van der Waals surface area contributed by atoms with Crippen LogP contribution in [0.15, 0.2) is 42.5 Å². The summed E-state index contributed by atoms with van der Waals surface area (Å²) in [5.74, 6) is 2.01. The fourth-order valence-corrected chi connectivity index (χ4v) is 3.56. The number of carbonyl (C=O) groups is 1. The Morgan fingerprint density at radius 2 is 1.77 bits per heavy atom. The van der Waals surface area contributed by atoms with Gasteiger partial charge in [-0.2, -0.15) is 0 Å². The lowest BCUT2D eigenvalue weighted by Crippen LogP contribution is -2.31. The molecule has 0 aliphatic heterocycles. The molecule has 3 aromatic rings. The zero-order valence-electron chi connectivity index (χ0n) is 20.1. The molecule has 2 aromatic carbocycles. The van der Waals surface area contributed by atoms with Crippen molar-refractivity contribution < 1.29 is 22.7 Å². The van der Waals surface area contributed by atoms with E-state index in [1.165, 1.54) is 0 Å². The molecule has 0 saturated heterocycles. The molecule has 0 fully saturated rings. The number of methoxy groups -OCH3 is 1. The third kappa shape index (κ3) is 6.33. The number of rotatable bonds is 9. The molecule has 35 heavy (non-hydrogen) atoms. The van der Waals surface area contributed by atoms with Gasteiger partial charge in [0.15, 0.2) is 6.67 Å². The predicted molar refractivity (Wildman–Crippen MR) is 132 cm³/mol. The number of benzene rings is 2. The van der Waals surface area contributed by atoms with Crippen molar-refractivity contribution >= 4 is 28.2 Å². The monoisotopic (exact) mass is 489 g/mol. The maximum absolute atomic E-state index is 13.6. The number of aromatic nitrogens is 1. The lowest BCUT2D eigenvalue weighted by molar-refractivity contribution is -0.00882. The average molecular weight is 490 g/mol. The molecule has 7 nitrogen and oxygen atoms in total. The van der Waals surface area contributed by atoms with Gasteiger partial charge in [-0.1, -0.05) is 32.9 Å². The molecule has 0 bridgehead atoms. The second-order valence-corrected chi connectivity index (χ2v) is 9.24. The fourth-order valence-electron chi connectivity index (χ4n) is 3.56. The Kier molecular flexibility index (Phi) is 7.74. The average Bonchev–Trinajstić information content (AvgIpc) is 2.84. The van der Waals surface area contributed by atoms with Gasteiger partial charge in [-0.15, -0.1) is 0 Å². The third-order valence-corrected chi connectivity index (χ3v) is 5.47. The Hall–Kier alpha value is -3.53. The smallest absolute Gasteiger partial charge is 0.292 e. The van der Waals surface area contributed by atoms with Crippen LogP contribution in [0.4, 0.5) is 24.5 Å². The second-order valence-electron chi connectivity index (χ2n) is 9.24. The topological polar surface area (TPSA) is 101 Å². The van der Waals surface area contributed by atoms with E-state index >= 15 is 0 Å². The van der Waals surface area contributed by atoms with Gasteiger partial charge in [-0.3, -0.25) is 10.2 Å². The molecule has 10 heteroatoms. The van der Waals surface area contributed by atoms with Crippen molar-refractivity contribution in [2.75, 3.05) is 31.0 Å². The van der Waals surface area contributed by atoms with Crippen molar-refractivity contribution in [2.45, 2.75) is 38.7 Å². The summed E-state index contributed by atoms with van der Waals surface area (Å²) in [5, 5.41) is 6.57. The lowest BCUT2D eigenvalue weighted by atomic mass is 9.84. The summed E-state index contributed by atoms with van der Waals surface area (Å²) in [6.45, 7) is 3.65. The number of pyridine rings is 1. The van der Waals surface area contributed by atoms with Crippen LogP contribution in [0.1, 0.15) is 42.4 Å². The van der Waals surface area contributed by atoms with Gasteiger partial charge in [-0.25, -0.2) is 24.0 Å². The van der Waals surface area contributed by atoms with E-state index in [4.69, 9.17) is 10.6 Å². The van der Waals surface area contributed by atoms with Crippen LogP contribution in [-0.2, 0) is 12.0 Å². The highest BCUT2D eigenvalue weighted by molar-refractivity contribution is 6.02. The number of hydrogen-bond donors (Lipinski definition) is 4. The van der Waals surface area contributed by atoms with Gasteiger partial charge in [0.05, 0.1) is 19.2 Å². The predicted octanol–water partition coefficient (Wildman–Crippen LogP) is 4.77. The first kappa shape index (κ1) is 26.1. The van der Waals surface area contributed by atoms with Gasteiger partial charge in [0, 0.05) is 23.3 Å². The van der Waals surface area contributed by atoms with Crippen LogP contribution < -0.4 is 26.6 Å². The summed E-state index contributed by atoms with van der Waals surface area (Å²) >= 11 is 0. The number of nitrogens with zero attached hydrogens (tertiary/aromatic N) is 1. The summed E-state index contributed by atoms with van der Waals surface area (Å²) < 4.78 is 45.0. The van der Waals surface area contributed by atoms with Gasteiger partial charge in [0.1, 0.15) is 11.4 Å². The molecule has 0 radical (unpaired) electrons. The van der Waals surface area contributed by atoms with Crippen LogP contribution in [-0.4, -0.2) is 37.1 Å². The SMILES string of the molecule is COc1ccc(CNc2cc(C(=O)NN)nc3c(C(C)(C)C)cc(NCC(F)(F)CF)cc23)cc1. The van der Waals surface area contributed by atoms with Crippen LogP contribution in [0.2, 0.25) is 0 Å². The van der Waals surface area contributed by atoms with E-state index in [9.17, 15) is 18.0 Å². The molecule has 1 amide bonds. The summed E-state index contributed by atoms with van der Waals surface area (Å²) in [7, 11) is 1.59. The van der Waals surface area contributed by atoms with Gasteiger partial charge in [-0.05, 0) is 46.9 Å². The van der Waals surface area contributed by atoms with Crippen molar-refractivity contribution in [2.24, 2.45) is 5.84 Å². The number of fused-ring (bicyclic) bond motifs is 1. The van der Waals surface area contributed by atoms with Crippen molar-refractivity contribution in [3.8, 4) is 5.75 Å². The molecule has 5 N–H and O–H groups in total. The highest BCUT2D eigenvalue weighted by Gasteiger charge is 2.29. The molecule has 3 rings (SSSR count). The highest BCUT2D eigenvalue weighted by Crippen LogP contribution is 2.36. The molecular weight excluding hydrogens is 459 g/mol. The van der Waals surface area contributed by atoms with Crippen molar-refractivity contribution in [1.82, 2.24) is 10.4 Å². The number of alkyl halides is 3. The zero-order chi connectivity index (χ0) is 25.8. The number of anilines is 2. The van der Waals surface area contributed by atoms with Crippen LogP contribution in [0, 0.1) is 0 Å². The van der Waals surface area contributed by atoms with Crippen LogP contribution >= 0.6 is 0 Å². The Morgan fingerprint density at radius 3 is 2.34 bits per heavy atom. The van der Waals surface area contributed by atoms with E-state index < -0.39 is 30.5 Å². The Labute approximate surface area is 202 Å². The first-order valence-corrected chi connectivity index (χ1v) is 11.0. The summed E-state index contributed by atoms with van der Waals surface area (Å²) in [6.07, 6.45) is 0. The van der Waals surface area contributed by atoms with Crippen molar-refractivity contribution in [3.63, 3.8) is 0 Å². The van der Waals surface area contributed by atoms with E-state index in [-0.39, 0.29) is 5.69 Å². The second kappa shape index (κ2) is 10.4. The zero-order valence-corrected chi connectivity index (χ0v) is 20.1. The van der Waals surface area contributed by atoms with Gasteiger partial charge in [0.25, 0.3) is 11.8 Å². The number of carbonyl (C=O) groups excluding carboxylic acids is 1.